The van der Waals surface area contributed by atoms with E-state index in [2.05, 4.69) is 17.1 Å². The lowest BCUT2D eigenvalue weighted by Gasteiger charge is -2.07. The zero-order chi connectivity index (χ0) is 12.3. The molecule has 0 saturated heterocycles. The van der Waals surface area contributed by atoms with Crippen LogP contribution in [0.5, 0.6) is 0 Å². The van der Waals surface area contributed by atoms with E-state index in [1.165, 1.54) is 0 Å². The third-order valence-electron chi connectivity index (χ3n) is 2.51. The second kappa shape index (κ2) is 5.52. The van der Waals surface area contributed by atoms with Crippen LogP contribution in [0.25, 0.3) is 0 Å². The van der Waals surface area contributed by atoms with E-state index in [0.29, 0.717) is 11.8 Å². The number of aryl methyl sites for hydroxylation is 1. The molecule has 0 saturated carbocycles. The molecular weight excluding hydrogens is 257 g/mol. The Labute approximate surface area is 110 Å². The summed E-state index contributed by atoms with van der Waals surface area (Å²) in [6.07, 6.45) is 1.91. The van der Waals surface area contributed by atoms with Crippen LogP contribution >= 0.6 is 23.2 Å². The third-order valence-corrected chi connectivity index (χ3v) is 3.04. The maximum Gasteiger partial charge on any atom is 0.225 e. The van der Waals surface area contributed by atoms with Gasteiger partial charge in [-0.05, 0) is 35.7 Å². The predicted octanol–water partition coefficient (Wildman–Crippen LogP) is 3.59. The first-order valence-corrected chi connectivity index (χ1v) is 6.28. The van der Waals surface area contributed by atoms with Gasteiger partial charge in [0.2, 0.25) is 5.28 Å². The number of benzene rings is 1. The maximum atomic E-state index is 6.03. The fraction of sp³-hybridized carbons (Fsp3) is 0.333. The molecule has 0 aliphatic heterocycles. The van der Waals surface area contributed by atoms with Crippen molar-refractivity contribution < 1.29 is 0 Å². The number of halogens is 2. The molecular formula is C12H13Cl2N3. The van der Waals surface area contributed by atoms with Gasteiger partial charge in [0.15, 0.2) is 0 Å². The first-order valence-electron chi connectivity index (χ1n) is 5.52. The summed E-state index contributed by atoms with van der Waals surface area (Å²) in [5.74, 6) is 0.924. The summed E-state index contributed by atoms with van der Waals surface area (Å²) in [5.41, 5.74) is 1.13. The molecule has 3 nitrogen and oxygen atoms in total. The Morgan fingerprint density at radius 2 is 1.82 bits per heavy atom. The van der Waals surface area contributed by atoms with E-state index >= 15 is 0 Å². The molecule has 0 spiro atoms. The molecule has 17 heavy (non-hydrogen) atoms. The van der Waals surface area contributed by atoms with Crippen molar-refractivity contribution in [3.63, 3.8) is 0 Å². The second-order valence-corrected chi connectivity index (χ2v) is 4.62. The van der Waals surface area contributed by atoms with Crippen molar-refractivity contribution in [3.05, 3.63) is 46.0 Å². The molecule has 0 aliphatic carbocycles. The summed E-state index contributed by atoms with van der Waals surface area (Å²) in [7, 11) is 0. The highest BCUT2D eigenvalue weighted by Gasteiger charge is 2.09. The molecule has 0 amide bonds. The average molecular weight is 270 g/mol. The molecule has 0 bridgehead atoms. The first-order chi connectivity index (χ1) is 8.20. The summed E-state index contributed by atoms with van der Waals surface area (Å²) in [5, 5.41) is 9.14. The molecule has 2 rings (SSSR count). The van der Waals surface area contributed by atoms with Gasteiger partial charge in [-0.25, -0.2) is 0 Å². The van der Waals surface area contributed by atoms with Crippen LogP contribution in [0.2, 0.25) is 10.3 Å². The van der Waals surface area contributed by atoms with Crippen molar-refractivity contribution in [2.24, 2.45) is 0 Å². The third kappa shape index (κ3) is 2.99. The van der Waals surface area contributed by atoms with Crippen LogP contribution in [-0.2, 0) is 13.0 Å². The molecule has 0 unspecified atom stereocenters. The van der Waals surface area contributed by atoms with Gasteiger partial charge in [0, 0.05) is 11.4 Å². The monoisotopic (exact) mass is 269 g/mol. The van der Waals surface area contributed by atoms with Gasteiger partial charge in [0.1, 0.15) is 5.82 Å². The molecule has 0 N–H and O–H groups in total. The minimum Gasteiger partial charge on any atom is -0.297 e. The smallest absolute Gasteiger partial charge is 0.225 e. The van der Waals surface area contributed by atoms with E-state index in [0.717, 1.165) is 29.3 Å². The average Bonchev–Trinajstić information content (AvgIpc) is 2.65. The van der Waals surface area contributed by atoms with E-state index in [1.807, 2.05) is 28.8 Å². The molecule has 1 aromatic carbocycles. The summed E-state index contributed by atoms with van der Waals surface area (Å²) in [4.78, 5) is 0. The second-order valence-electron chi connectivity index (χ2n) is 3.85. The van der Waals surface area contributed by atoms with Gasteiger partial charge in [0.05, 0.1) is 6.54 Å². The van der Waals surface area contributed by atoms with E-state index < -0.39 is 0 Å². The van der Waals surface area contributed by atoms with Crippen LogP contribution in [0.4, 0.5) is 0 Å². The summed E-state index contributed by atoms with van der Waals surface area (Å²) in [6.45, 7) is 2.79. The number of rotatable bonds is 4. The maximum absolute atomic E-state index is 6.03. The van der Waals surface area contributed by atoms with Gasteiger partial charge in [-0.15, -0.1) is 10.2 Å². The lowest BCUT2D eigenvalue weighted by Crippen LogP contribution is -2.05. The topological polar surface area (TPSA) is 30.7 Å². The fourth-order valence-electron chi connectivity index (χ4n) is 1.65. The minimum atomic E-state index is 0.434. The Morgan fingerprint density at radius 1 is 1.12 bits per heavy atom. The normalized spacial score (nSPS) is 10.8. The molecule has 1 heterocycles. The number of nitrogens with zero attached hydrogens (tertiary/aromatic N) is 3. The zero-order valence-electron chi connectivity index (χ0n) is 9.53. The first kappa shape index (κ1) is 12.4. The van der Waals surface area contributed by atoms with Crippen LogP contribution in [0.15, 0.2) is 24.3 Å². The predicted molar refractivity (Wildman–Crippen MR) is 69.6 cm³/mol. The van der Waals surface area contributed by atoms with E-state index in [-0.39, 0.29) is 0 Å². The highest BCUT2D eigenvalue weighted by molar-refractivity contribution is 6.30. The zero-order valence-corrected chi connectivity index (χ0v) is 11.0. The molecule has 0 radical (unpaired) electrons. The van der Waals surface area contributed by atoms with Crippen LogP contribution in [0.1, 0.15) is 24.7 Å². The van der Waals surface area contributed by atoms with Gasteiger partial charge < -0.3 is 0 Å². The molecule has 5 heteroatoms. The van der Waals surface area contributed by atoms with Crippen LogP contribution < -0.4 is 0 Å². The standard InChI is InChI=1S/C12H13Cl2N3/c1-2-3-11-15-16-12(14)17(11)8-9-4-6-10(13)7-5-9/h4-7H,2-3,8H2,1H3. The number of hydrogen-bond acceptors (Lipinski definition) is 2. The molecule has 90 valence electrons. The lowest BCUT2D eigenvalue weighted by molar-refractivity contribution is 0.705. The van der Waals surface area contributed by atoms with Gasteiger partial charge in [-0.2, -0.15) is 0 Å². The van der Waals surface area contributed by atoms with Crippen molar-refractivity contribution in [3.8, 4) is 0 Å². The van der Waals surface area contributed by atoms with E-state index in [4.69, 9.17) is 23.2 Å². The van der Waals surface area contributed by atoms with Gasteiger partial charge >= 0.3 is 0 Å². The van der Waals surface area contributed by atoms with Crippen LogP contribution in [0.3, 0.4) is 0 Å². The van der Waals surface area contributed by atoms with Gasteiger partial charge in [0.25, 0.3) is 0 Å². The molecule has 1 aromatic heterocycles. The molecule has 2 aromatic rings. The highest BCUT2D eigenvalue weighted by atomic mass is 35.5. The lowest BCUT2D eigenvalue weighted by atomic mass is 10.2. The summed E-state index contributed by atoms with van der Waals surface area (Å²) in [6, 6.07) is 7.70. The Hall–Kier alpha value is -1.06. The Kier molecular flexibility index (Phi) is 4.02. The molecule has 0 fully saturated rings. The van der Waals surface area contributed by atoms with Crippen molar-refractivity contribution in [2.75, 3.05) is 0 Å². The van der Waals surface area contributed by atoms with Crippen molar-refractivity contribution in [1.29, 1.82) is 0 Å². The quantitative estimate of drug-likeness (QED) is 0.850. The number of hydrogen-bond donors (Lipinski definition) is 0. The fourth-order valence-corrected chi connectivity index (χ4v) is 1.97. The summed E-state index contributed by atoms with van der Waals surface area (Å²) >= 11 is 11.9. The highest BCUT2D eigenvalue weighted by Crippen LogP contribution is 2.15. The van der Waals surface area contributed by atoms with Crippen molar-refractivity contribution in [2.45, 2.75) is 26.3 Å². The van der Waals surface area contributed by atoms with Crippen LogP contribution in [-0.4, -0.2) is 14.8 Å². The Bertz CT molecular complexity index is 491. The van der Waals surface area contributed by atoms with E-state index in [9.17, 15) is 0 Å². The number of aromatic nitrogens is 3. The minimum absolute atomic E-state index is 0.434. The SMILES string of the molecule is CCCc1nnc(Cl)n1Cc1ccc(Cl)cc1. The van der Waals surface area contributed by atoms with Crippen molar-refractivity contribution >= 4 is 23.2 Å². The Morgan fingerprint density at radius 3 is 2.47 bits per heavy atom. The molecule has 0 aliphatic rings. The summed E-state index contributed by atoms with van der Waals surface area (Å²) < 4.78 is 1.92. The largest absolute Gasteiger partial charge is 0.297 e. The molecule has 0 atom stereocenters. The van der Waals surface area contributed by atoms with Crippen LogP contribution in [0, 0.1) is 0 Å². The van der Waals surface area contributed by atoms with E-state index in [1.54, 1.807) is 0 Å². The van der Waals surface area contributed by atoms with Gasteiger partial charge in [-0.1, -0.05) is 30.7 Å². The van der Waals surface area contributed by atoms with Gasteiger partial charge in [-0.3, -0.25) is 4.57 Å². The van der Waals surface area contributed by atoms with Crippen molar-refractivity contribution in [1.82, 2.24) is 14.8 Å². The Balaban J connectivity index is 2.22.